The molecule has 2 rings (SSSR count). The van der Waals surface area contributed by atoms with Crippen LogP contribution in [0.15, 0.2) is 48.5 Å². The molecule has 6 nitrogen and oxygen atoms in total. The highest BCUT2D eigenvalue weighted by molar-refractivity contribution is 6.15. The molecule has 0 saturated carbocycles. The molecule has 26 heavy (non-hydrogen) atoms. The summed E-state index contributed by atoms with van der Waals surface area (Å²) in [5.41, 5.74) is 0.111. The molecule has 0 fully saturated rings. The number of esters is 1. The summed E-state index contributed by atoms with van der Waals surface area (Å²) in [4.78, 5) is 40.3. The van der Waals surface area contributed by atoms with Crippen molar-refractivity contribution < 1.29 is 29.3 Å². The molecular formula is C20H20O6. The van der Waals surface area contributed by atoms with Crippen molar-refractivity contribution in [1.82, 2.24) is 0 Å². The molecule has 2 aromatic carbocycles. The summed E-state index contributed by atoms with van der Waals surface area (Å²) in [7, 11) is 0. The molecule has 0 aromatic heterocycles. The number of rotatable bonds is 8. The van der Waals surface area contributed by atoms with Crippen LogP contribution >= 0.6 is 0 Å². The van der Waals surface area contributed by atoms with Gasteiger partial charge in [0.05, 0.1) is 11.1 Å². The van der Waals surface area contributed by atoms with Crippen LogP contribution in [0.4, 0.5) is 0 Å². The third kappa shape index (κ3) is 4.77. The highest BCUT2D eigenvalue weighted by Crippen LogP contribution is 2.24. The number of ketones is 1. The van der Waals surface area contributed by atoms with Gasteiger partial charge in [-0.3, -0.25) is 14.5 Å². The molecule has 0 unspecified atom stereocenters. The number of unbranched alkanes of at least 4 members (excludes halogenated alkanes) is 2. The first-order valence-electron chi connectivity index (χ1n) is 8.37. The zero-order chi connectivity index (χ0) is 18.9. The van der Waals surface area contributed by atoms with Crippen LogP contribution in [0.2, 0.25) is 0 Å². The number of para-hydroxylation sites is 1. The summed E-state index contributed by atoms with van der Waals surface area (Å²) in [5.74, 6) is -1.83. The predicted molar refractivity (Wildman–Crippen MR) is 94.1 cm³/mol. The van der Waals surface area contributed by atoms with Gasteiger partial charge < -0.3 is 4.74 Å². The van der Waals surface area contributed by atoms with Crippen LogP contribution in [0.5, 0.6) is 5.75 Å². The average molecular weight is 356 g/mol. The Morgan fingerprint density at radius 3 is 2.15 bits per heavy atom. The first-order chi connectivity index (χ1) is 12.6. The van der Waals surface area contributed by atoms with Gasteiger partial charge in [-0.1, -0.05) is 50.1 Å². The Morgan fingerprint density at radius 2 is 1.50 bits per heavy atom. The van der Waals surface area contributed by atoms with Gasteiger partial charge in [-0.05, 0) is 24.6 Å². The van der Waals surface area contributed by atoms with Gasteiger partial charge in [0.25, 0.3) is 0 Å². The molecule has 0 saturated heterocycles. The maximum atomic E-state index is 12.9. The minimum atomic E-state index is -1.04. The van der Waals surface area contributed by atoms with E-state index >= 15 is 0 Å². The van der Waals surface area contributed by atoms with Crippen LogP contribution in [-0.4, -0.2) is 23.0 Å². The van der Waals surface area contributed by atoms with Gasteiger partial charge in [0.1, 0.15) is 5.75 Å². The number of carbonyl (C=O) groups excluding carboxylic acids is 3. The first kappa shape index (κ1) is 19.3. The Labute approximate surface area is 151 Å². The fraction of sp³-hybridized carbons (Fsp3) is 0.250. The summed E-state index contributed by atoms with van der Waals surface area (Å²) in [6, 6.07) is 12.3. The van der Waals surface area contributed by atoms with Crippen molar-refractivity contribution in [3.05, 3.63) is 65.2 Å². The van der Waals surface area contributed by atoms with Gasteiger partial charge in [0.15, 0.2) is 5.78 Å². The highest BCUT2D eigenvalue weighted by atomic mass is 17.1. The van der Waals surface area contributed by atoms with E-state index < -0.39 is 17.7 Å². The van der Waals surface area contributed by atoms with E-state index in [0.717, 1.165) is 19.3 Å². The summed E-state index contributed by atoms with van der Waals surface area (Å²) in [6.07, 6.45) is 2.90. The van der Waals surface area contributed by atoms with Crippen molar-refractivity contribution in [1.29, 1.82) is 0 Å². The van der Waals surface area contributed by atoms with Crippen molar-refractivity contribution in [2.75, 3.05) is 0 Å². The molecule has 0 bridgehead atoms. The van der Waals surface area contributed by atoms with Crippen LogP contribution in [0.3, 0.4) is 0 Å². The lowest BCUT2D eigenvalue weighted by Gasteiger charge is -2.11. The minimum absolute atomic E-state index is 0.0426. The molecule has 1 N–H and O–H groups in total. The summed E-state index contributed by atoms with van der Waals surface area (Å²) in [6.45, 7) is 2.04. The largest absolute Gasteiger partial charge is 0.426 e. The van der Waals surface area contributed by atoms with Crippen LogP contribution in [-0.2, 0) is 9.68 Å². The second-order valence-electron chi connectivity index (χ2n) is 5.68. The molecule has 0 spiro atoms. The van der Waals surface area contributed by atoms with Gasteiger partial charge in [0.2, 0.25) is 0 Å². The second kappa shape index (κ2) is 9.48. The molecule has 0 atom stereocenters. The molecule has 6 heteroatoms. The van der Waals surface area contributed by atoms with E-state index in [9.17, 15) is 14.4 Å². The van der Waals surface area contributed by atoms with Gasteiger partial charge in [-0.15, -0.1) is 0 Å². The van der Waals surface area contributed by atoms with Crippen LogP contribution in [0.25, 0.3) is 0 Å². The van der Waals surface area contributed by atoms with E-state index in [0.29, 0.717) is 0 Å². The molecule has 0 aliphatic heterocycles. The Bertz CT molecular complexity index is 796. The van der Waals surface area contributed by atoms with Crippen molar-refractivity contribution in [2.24, 2.45) is 0 Å². The van der Waals surface area contributed by atoms with Gasteiger partial charge in [-0.2, -0.15) is 5.26 Å². The smallest absolute Gasteiger partial charge is 0.373 e. The average Bonchev–Trinajstić information content (AvgIpc) is 2.67. The molecule has 0 aliphatic rings. The lowest BCUT2D eigenvalue weighted by molar-refractivity contribution is -0.182. The molecule has 0 amide bonds. The van der Waals surface area contributed by atoms with E-state index in [1.165, 1.54) is 24.3 Å². The SMILES string of the molecule is CCCCCC(=O)Oc1ccccc1C(=O)c1ccccc1C(=O)OO. The van der Waals surface area contributed by atoms with Crippen molar-refractivity contribution in [3.63, 3.8) is 0 Å². The summed E-state index contributed by atoms with van der Waals surface area (Å²) < 4.78 is 5.34. The Balaban J connectivity index is 2.28. The number of benzene rings is 2. The fourth-order valence-corrected chi connectivity index (χ4v) is 2.49. The van der Waals surface area contributed by atoms with Gasteiger partial charge in [-0.25, -0.2) is 4.79 Å². The van der Waals surface area contributed by atoms with Crippen LogP contribution < -0.4 is 4.74 Å². The Morgan fingerprint density at radius 1 is 0.885 bits per heavy atom. The third-order valence-corrected chi connectivity index (χ3v) is 3.81. The van der Waals surface area contributed by atoms with Crippen molar-refractivity contribution in [3.8, 4) is 5.75 Å². The van der Waals surface area contributed by atoms with Crippen molar-refractivity contribution in [2.45, 2.75) is 32.6 Å². The van der Waals surface area contributed by atoms with E-state index in [-0.39, 0.29) is 28.9 Å². The fourth-order valence-electron chi connectivity index (χ4n) is 2.49. The first-order valence-corrected chi connectivity index (χ1v) is 8.37. The summed E-state index contributed by atoms with van der Waals surface area (Å²) >= 11 is 0. The van der Waals surface area contributed by atoms with E-state index in [1.807, 2.05) is 6.92 Å². The lowest BCUT2D eigenvalue weighted by Crippen LogP contribution is -2.14. The quantitative estimate of drug-likeness (QED) is 0.192. The van der Waals surface area contributed by atoms with Crippen molar-refractivity contribution >= 4 is 17.7 Å². The number of ether oxygens (including phenoxy) is 1. The lowest BCUT2D eigenvalue weighted by atomic mass is 9.98. The Hall–Kier alpha value is -2.99. The number of hydrogen-bond acceptors (Lipinski definition) is 6. The zero-order valence-corrected chi connectivity index (χ0v) is 14.4. The maximum Gasteiger partial charge on any atom is 0.373 e. The van der Waals surface area contributed by atoms with Crippen LogP contribution in [0, 0.1) is 0 Å². The number of carbonyl (C=O) groups is 3. The second-order valence-corrected chi connectivity index (χ2v) is 5.68. The highest BCUT2D eigenvalue weighted by Gasteiger charge is 2.22. The maximum absolute atomic E-state index is 12.9. The summed E-state index contributed by atoms with van der Waals surface area (Å²) in [5, 5.41) is 8.61. The van der Waals surface area contributed by atoms with E-state index in [1.54, 1.807) is 24.3 Å². The predicted octanol–water partition coefficient (Wildman–Crippen LogP) is 4.03. The number of hydrogen-bond donors (Lipinski definition) is 1. The monoisotopic (exact) mass is 356 g/mol. The molecule has 2 aromatic rings. The normalized spacial score (nSPS) is 10.2. The Kier molecular flexibility index (Phi) is 7.05. The molecule has 0 heterocycles. The van der Waals surface area contributed by atoms with Gasteiger partial charge >= 0.3 is 11.9 Å². The molecule has 0 radical (unpaired) electrons. The standard InChI is InChI=1S/C20H20O6/c1-2-3-4-13-18(21)25-17-12-8-7-11-16(17)19(22)14-9-5-6-10-15(14)20(23)26-24/h5-12,24H,2-4,13H2,1H3. The molecule has 0 aliphatic carbocycles. The molecular weight excluding hydrogens is 336 g/mol. The topological polar surface area (TPSA) is 89.9 Å². The van der Waals surface area contributed by atoms with Gasteiger partial charge in [0, 0.05) is 12.0 Å². The van der Waals surface area contributed by atoms with E-state index in [4.69, 9.17) is 9.99 Å². The van der Waals surface area contributed by atoms with Crippen LogP contribution in [0.1, 0.15) is 58.9 Å². The van der Waals surface area contributed by atoms with E-state index in [2.05, 4.69) is 4.89 Å². The third-order valence-electron chi connectivity index (χ3n) is 3.81. The zero-order valence-electron chi connectivity index (χ0n) is 14.4. The minimum Gasteiger partial charge on any atom is -0.426 e. The molecule has 136 valence electrons.